The summed E-state index contributed by atoms with van der Waals surface area (Å²) in [5.41, 5.74) is 7.53. The summed E-state index contributed by atoms with van der Waals surface area (Å²) in [4.78, 5) is 14.0. The van der Waals surface area contributed by atoms with Crippen molar-refractivity contribution in [2.75, 3.05) is 14.1 Å². The van der Waals surface area contributed by atoms with Gasteiger partial charge in [0.1, 0.15) is 4.45 Å². The summed E-state index contributed by atoms with van der Waals surface area (Å²) in [6.07, 6.45) is -0.847. The lowest BCUT2D eigenvalue weighted by molar-refractivity contribution is -0.136. The summed E-state index contributed by atoms with van der Waals surface area (Å²) in [6, 6.07) is 19.4. The van der Waals surface area contributed by atoms with Gasteiger partial charge in [0, 0.05) is 0 Å². The van der Waals surface area contributed by atoms with E-state index in [2.05, 4.69) is 15.9 Å². The van der Waals surface area contributed by atoms with Crippen LogP contribution in [0, 0.1) is 0 Å². The van der Waals surface area contributed by atoms with Gasteiger partial charge >= 0.3 is 0 Å². The molecule has 0 aliphatic carbocycles. The summed E-state index contributed by atoms with van der Waals surface area (Å²) in [5, 5.41) is 0. The second-order valence-corrected chi connectivity index (χ2v) is 6.72. The standard InChI is InChI=1S/C18H21BrN2O2/c1-21(2)18(19,15-11-7-4-8-12-15)16(17(20)22)23-13-14-9-5-3-6-10-14/h3-12,16H,13H2,1-2H3,(H2,20,22). The molecule has 0 saturated carbocycles. The Morgan fingerprint density at radius 1 is 1.13 bits per heavy atom. The molecule has 4 nitrogen and oxygen atoms in total. The molecule has 23 heavy (non-hydrogen) atoms. The first-order valence-corrected chi connectivity index (χ1v) is 8.12. The van der Waals surface area contributed by atoms with Gasteiger partial charge in [0.05, 0.1) is 6.61 Å². The van der Waals surface area contributed by atoms with Gasteiger partial charge in [0.2, 0.25) is 5.91 Å². The van der Waals surface area contributed by atoms with Gasteiger partial charge in [0.25, 0.3) is 0 Å². The van der Waals surface area contributed by atoms with Crippen molar-refractivity contribution in [2.45, 2.75) is 17.2 Å². The highest BCUT2D eigenvalue weighted by atomic mass is 79.9. The van der Waals surface area contributed by atoms with Crippen LogP contribution in [0.15, 0.2) is 60.7 Å². The third-order valence-electron chi connectivity index (χ3n) is 3.69. The number of benzene rings is 2. The highest BCUT2D eigenvalue weighted by Crippen LogP contribution is 2.38. The first kappa shape index (κ1) is 17.7. The van der Waals surface area contributed by atoms with Crippen LogP contribution in [0.1, 0.15) is 11.1 Å². The number of hydrogen-bond donors (Lipinski definition) is 1. The normalized spacial score (nSPS) is 15.1. The molecule has 2 aromatic carbocycles. The van der Waals surface area contributed by atoms with E-state index in [1.54, 1.807) is 0 Å². The van der Waals surface area contributed by atoms with Crippen molar-refractivity contribution in [1.82, 2.24) is 4.90 Å². The molecule has 0 bridgehead atoms. The summed E-state index contributed by atoms with van der Waals surface area (Å²) in [5.74, 6) is -0.518. The number of amides is 1. The topological polar surface area (TPSA) is 55.6 Å². The molecule has 0 aliphatic rings. The number of carbonyl (C=O) groups excluding carboxylic acids is 1. The van der Waals surface area contributed by atoms with Gasteiger partial charge < -0.3 is 10.5 Å². The molecule has 0 saturated heterocycles. The van der Waals surface area contributed by atoms with E-state index in [0.29, 0.717) is 6.61 Å². The maximum atomic E-state index is 12.1. The monoisotopic (exact) mass is 376 g/mol. The molecular formula is C18H21BrN2O2. The molecular weight excluding hydrogens is 356 g/mol. The van der Waals surface area contributed by atoms with E-state index in [-0.39, 0.29) is 0 Å². The van der Waals surface area contributed by atoms with E-state index in [1.165, 1.54) is 0 Å². The van der Waals surface area contributed by atoms with E-state index in [0.717, 1.165) is 11.1 Å². The molecule has 0 aromatic heterocycles. The molecule has 0 heterocycles. The van der Waals surface area contributed by atoms with Crippen molar-refractivity contribution >= 4 is 21.8 Å². The van der Waals surface area contributed by atoms with E-state index < -0.39 is 16.5 Å². The van der Waals surface area contributed by atoms with Gasteiger partial charge in [-0.2, -0.15) is 0 Å². The Morgan fingerprint density at radius 2 is 1.65 bits per heavy atom. The van der Waals surface area contributed by atoms with Crippen LogP contribution in [0.25, 0.3) is 0 Å². The minimum absolute atomic E-state index is 0.308. The first-order valence-electron chi connectivity index (χ1n) is 7.33. The van der Waals surface area contributed by atoms with Crippen LogP contribution in [-0.4, -0.2) is 31.0 Å². The smallest absolute Gasteiger partial charge is 0.249 e. The lowest BCUT2D eigenvalue weighted by atomic mass is 9.99. The molecule has 2 N–H and O–H groups in total. The fourth-order valence-electron chi connectivity index (χ4n) is 2.45. The summed E-state index contributed by atoms with van der Waals surface area (Å²) in [7, 11) is 3.76. The Balaban J connectivity index is 2.31. The van der Waals surface area contributed by atoms with Crippen LogP contribution < -0.4 is 5.73 Å². The predicted molar refractivity (Wildman–Crippen MR) is 94.9 cm³/mol. The number of alkyl halides is 1. The zero-order valence-electron chi connectivity index (χ0n) is 13.3. The number of nitrogens with zero attached hydrogens (tertiary/aromatic N) is 1. The molecule has 2 unspecified atom stereocenters. The Bertz CT molecular complexity index is 634. The van der Waals surface area contributed by atoms with Gasteiger partial charge in [0.15, 0.2) is 6.10 Å². The SMILES string of the molecule is CN(C)C(Br)(c1ccccc1)C(OCc1ccccc1)C(N)=O. The van der Waals surface area contributed by atoms with E-state index in [4.69, 9.17) is 10.5 Å². The second kappa shape index (κ2) is 7.73. The van der Waals surface area contributed by atoms with Crippen molar-refractivity contribution in [3.8, 4) is 0 Å². The average molecular weight is 377 g/mol. The number of halogens is 1. The van der Waals surface area contributed by atoms with Gasteiger partial charge in [-0.15, -0.1) is 0 Å². The predicted octanol–water partition coefficient (Wildman–Crippen LogP) is 2.87. The van der Waals surface area contributed by atoms with Crippen molar-refractivity contribution in [3.05, 3.63) is 71.8 Å². The highest BCUT2D eigenvalue weighted by Gasteiger charge is 2.44. The Morgan fingerprint density at radius 3 is 2.13 bits per heavy atom. The summed E-state index contributed by atoms with van der Waals surface area (Å²) in [6.45, 7) is 0.308. The van der Waals surface area contributed by atoms with Gasteiger partial charge in [-0.1, -0.05) is 76.6 Å². The molecule has 122 valence electrons. The van der Waals surface area contributed by atoms with Gasteiger partial charge in [-0.05, 0) is 25.2 Å². The first-order chi connectivity index (χ1) is 11.0. The number of hydrogen-bond acceptors (Lipinski definition) is 3. The average Bonchev–Trinajstić information content (AvgIpc) is 2.56. The van der Waals surface area contributed by atoms with Crippen molar-refractivity contribution in [3.63, 3.8) is 0 Å². The van der Waals surface area contributed by atoms with Crippen molar-refractivity contribution in [2.24, 2.45) is 5.73 Å². The molecule has 1 amide bonds. The quantitative estimate of drug-likeness (QED) is 0.596. The molecule has 0 fully saturated rings. The summed E-state index contributed by atoms with van der Waals surface area (Å²) >= 11 is 3.70. The maximum absolute atomic E-state index is 12.1. The molecule has 2 atom stereocenters. The van der Waals surface area contributed by atoms with Crippen molar-refractivity contribution < 1.29 is 9.53 Å². The van der Waals surface area contributed by atoms with Crippen LogP contribution in [-0.2, 0) is 20.6 Å². The highest BCUT2D eigenvalue weighted by molar-refractivity contribution is 9.09. The number of ether oxygens (including phenoxy) is 1. The number of primary amides is 1. The van der Waals surface area contributed by atoms with E-state index >= 15 is 0 Å². The van der Waals surface area contributed by atoms with Crippen LogP contribution in [0.5, 0.6) is 0 Å². The Labute approximate surface area is 145 Å². The zero-order valence-corrected chi connectivity index (χ0v) is 14.9. The number of likely N-dealkylation sites (N-methyl/N-ethyl adjacent to an activating group) is 1. The number of nitrogens with two attached hydrogens (primary N) is 1. The van der Waals surface area contributed by atoms with Gasteiger partial charge in [-0.25, -0.2) is 0 Å². The molecule has 0 radical (unpaired) electrons. The Kier molecular flexibility index (Phi) is 5.93. The lowest BCUT2D eigenvalue weighted by Gasteiger charge is -2.39. The number of rotatable bonds is 7. The van der Waals surface area contributed by atoms with E-state index in [1.807, 2.05) is 79.7 Å². The van der Waals surface area contributed by atoms with E-state index in [9.17, 15) is 4.79 Å². The molecule has 5 heteroatoms. The minimum atomic E-state index is -0.847. The Hall–Kier alpha value is -1.69. The molecule has 2 rings (SSSR count). The summed E-state index contributed by atoms with van der Waals surface area (Å²) < 4.78 is 5.07. The van der Waals surface area contributed by atoms with Crippen LogP contribution in [0.2, 0.25) is 0 Å². The fourth-order valence-corrected chi connectivity index (χ4v) is 3.07. The van der Waals surface area contributed by atoms with Crippen LogP contribution in [0.3, 0.4) is 0 Å². The van der Waals surface area contributed by atoms with Crippen molar-refractivity contribution in [1.29, 1.82) is 0 Å². The number of carbonyl (C=O) groups is 1. The maximum Gasteiger partial charge on any atom is 0.249 e. The molecule has 0 aliphatic heterocycles. The fraction of sp³-hybridized carbons (Fsp3) is 0.278. The third-order valence-corrected chi connectivity index (χ3v) is 5.28. The zero-order chi connectivity index (χ0) is 16.9. The minimum Gasteiger partial charge on any atom is -0.367 e. The molecule has 2 aromatic rings. The third kappa shape index (κ3) is 3.99. The molecule has 0 spiro atoms. The largest absolute Gasteiger partial charge is 0.367 e. The second-order valence-electron chi connectivity index (χ2n) is 5.51. The van der Waals surface area contributed by atoms with Crippen LogP contribution in [0.4, 0.5) is 0 Å². The lowest BCUT2D eigenvalue weighted by Crippen LogP contribution is -2.53. The van der Waals surface area contributed by atoms with Gasteiger partial charge in [-0.3, -0.25) is 9.69 Å². The van der Waals surface area contributed by atoms with Crippen LogP contribution >= 0.6 is 15.9 Å².